The summed E-state index contributed by atoms with van der Waals surface area (Å²) in [6, 6.07) is 7.38. The van der Waals surface area contributed by atoms with Crippen LogP contribution in [0.5, 0.6) is 0 Å². The third-order valence-electron chi connectivity index (χ3n) is 4.58. The average molecular weight is 405 g/mol. The maximum Gasteiger partial charge on any atom is 0.410 e. The lowest BCUT2D eigenvalue weighted by Gasteiger charge is -2.34. The molecule has 0 aliphatic carbocycles. The molecule has 1 N–H and O–H groups in total. The van der Waals surface area contributed by atoms with E-state index >= 15 is 0 Å². The average Bonchev–Trinajstić information content (AvgIpc) is 2.66. The number of amides is 2. The minimum Gasteiger partial charge on any atom is -0.465 e. The molecule has 0 atom stereocenters. The highest BCUT2D eigenvalue weighted by molar-refractivity contribution is 5.90. The Morgan fingerprint density at radius 1 is 1.21 bits per heavy atom. The molecule has 2 amide bonds. The van der Waals surface area contributed by atoms with E-state index in [9.17, 15) is 14.4 Å². The van der Waals surface area contributed by atoms with Gasteiger partial charge >= 0.3 is 12.1 Å². The van der Waals surface area contributed by atoms with Crippen molar-refractivity contribution in [3.05, 3.63) is 29.8 Å². The van der Waals surface area contributed by atoms with Crippen molar-refractivity contribution in [3.63, 3.8) is 0 Å². The lowest BCUT2D eigenvalue weighted by molar-refractivity contribution is -0.133. The number of carbonyl (C=O) groups is 3. The highest BCUT2D eigenvalue weighted by atomic mass is 16.6. The van der Waals surface area contributed by atoms with Crippen LogP contribution >= 0.6 is 0 Å². The Labute approximate surface area is 172 Å². The first-order valence-corrected chi connectivity index (χ1v) is 9.76. The van der Waals surface area contributed by atoms with Gasteiger partial charge in [0.1, 0.15) is 12.1 Å². The van der Waals surface area contributed by atoms with Gasteiger partial charge in [-0.15, -0.1) is 0 Å². The van der Waals surface area contributed by atoms with E-state index < -0.39 is 11.7 Å². The highest BCUT2D eigenvalue weighted by Crippen LogP contribution is 2.19. The van der Waals surface area contributed by atoms with Gasteiger partial charge in [-0.2, -0.15) is 0 Å². The quantitative estimate of drug-likeness (QED) is 0.758. The molecule has 1 aromatic carbocycles. The number of piperidine rings is 1. The predicted octanol–water partition coefficient (Wildman–Crippen LogP) is 2.74. The number of likely N-dealkylation sites (tertiary alicyclic amines) is 1. The highest BCUT2D eigenvalue weighted by Gasteiger charge is 2.26. The zero-order chi connectivity index (χ0) is 21.6. The number of anilines is 1. The zero-order valence-electron chi connectivity index (χ0n) is 17.9. The monoisotopic (exact) mass is 405 g/mol. The van der Waals surface area contributed by atoms with Gasteiger partial charge in [-0.1, -0.05) is 6.07 Å². The number of rotatable bonds is 5. The second-order valence-corrected chi connectivity index (χ2v) is 8.21. The Morgan fingerprint density at radius 2 is 1.86 bits per heavy atom. The zero-order valence-corrected chi connectivity index (χ0v) is 17.9. The summed E-state index contributed by atoms with van der Waals surface area (Å²) in [6.07, 6.45) is 1.06. The van der Waals surface area contributed by atoms with Crippen molar-refractivity contribution in [3.8, 4) is 0 Å². The largest absolute Gasteiger partial charge is 0.465 e. The Morgan fingerprint density at radius 3 is 2.45 bits per heavy atom. The number of esters is 1. The smallest absolute Gasteiger partial charge is 0.410 e. The molecule has 1 heterocycles. The third-order valence-corrected chi connectivity index (χ3v) is 4.58. The third kappa shape index (κ3) is 6.96. The summed E-state index contributed by atoms with van der Waals surface area (Å²) < 4.78 is 10.0. The van der Waals surface area contributed by atoms with E-state index in [0.717, 1.165) is 18.5 Å². The SMILES string of the molecule is COC(=O)c1cccc(NC2CCN(C(=O)CN(C)C(=O)OC(C)(C)C)CC2)c1. The number of methoxy groups -OCH3 is 1. The molecule has 8 nitrogen and oxygen atoms in total. The van der Waals surface area contributed by atoms with Gasteiger partial charge in [0.2, 0.25) is 5.91 Å². The Hall–Kier alpha value is -2.77. The number of ether oxygens (including phenoxy) is 2. The van der Waals surface area contributed by atoms with Gasteiger partial charge in [0.05, 0.1) is 12.7 Å². The Kier molecular flexibility index (Phi) is 7.47. The minimum atomic E-state index is -0.594. The molecule has 0 unspecified atom stereocenters. The summed E-state index contributed by atoms with van der Waals surface area (Å²) in [7, 11) is 2.92. The van der Waals surface area contributed by atoms with Crippen molar-refractivity contribution in [2.45, 2.75) is 45.3 Å². The van der Waals surface area contributed by atoms with Crippen molar-refractivity contribution in [1.82, 2.24) is 9.80 Å². The van der Waals surface area contributed by atoms with E-state index in [1.165, 1.54) is 12.0 Å². The van der Waals surface area contributed by atoms with Crippen molar-refractivity contribution in [1.29, 1.82) is 0 Å². The van der Waals surface area contributed by atoms with Gasteiger partial charge in [0.25, 0.3) is 0 Å². The molecule has 0 radical (unpaired) electrons. The topological polar surface area (TPSA) is 88.2 Å². The summed E-state index contributed by atoms with van der Waals surface area (Å²) in [5.41, 5.74) is 0.751. The molecular formula is C21H31N3O5. The van der Waals surface area contributed by atoms with Crippen LogP contribution in [-0.4, -0.2) is 73.2 Å². The van der Waals surface area contributed by atoms with E-state index in [-0.39, 0.29) is 24.5 Å². The lowest BCUT2D eigenvalue weighted by atomic mass is 10.0. The fourth-order valence-electron chi connectivity index (χ4n) is 3.07. The molecule has 1 aliphatic heterocycles. The number of nitrogens with one attached hydrogen (secondary N) is 1. The molecule has 0 saturated carbocycles. The molecular weight excluding hydrogens is 374 g/mol. The first-order chi connectivity index (χ1) is 13.6. The molecule has 8 heteroatoms. The number of carbonyl (C=O) groups excluding carboxylic acids is 3. The van der Waals surface area contributed by atoms with Crippen LogP contribution < -0.4 is 5.32 Å². The second-order valence-electron chi connectivity index (χ2n) is 8.21. The van der Waals surface area contributed by atoms with Crippen LogP contribution in [0.15, 0.2) is 24.3 Å². The summed E-state index contributed by atoms with van der Waals surface area (Å²) in [6.45, 7) is 6.58. The molecule has 1 fully saturated rings. The standard InChI is InChI=1S/C21H31N3O5/c1-21(2,3)29-20(27)23(4)14-18(25)24-11-9-16(10-12-24)22-17-8-6-7-15(13-17)19(26)28-5/h6-8,13,16,22H,9-12,14H2,1-5H3. The van der Waals surface area contributed by atoms with Crippen LogP contribution in [0.25, 0.3) is 0 Å². The minimum absolute atomic E-state index is 0.00577. The normalized spacial score (nSPS) is 14.9. The molecule has 0 bridgehead atoms. The summed E-state index contributed by atoms with van der Waals surface area (Å²) >= 11 is 0. The molecule has 29 heavy (non-hydrogen) atoms. The van der Waals surface area contributed by atoms with Crippen molar-refractivity contribution in [2.75, 3.05) is 39.1 Å². The number of nitrogens with zero attached hydrogens (tertiary/aromatic N) is 2. The number of likely N-dealkylation sites (N-methyl/N-ethyl adjacent to an activating group) is 1. The molecule has 0 aromatic heterocycles. The van der Waals surface area contributed by atoms with E-state index in [0.29, 0.717) is 18.7 Å². The van der Waals surface area contributed by atoms with Gasteiger partial charge in [-0.3, -0.25) is 4.79 Å². The summed E-state index contributed by atoms with van der Waals surface area (Å²) in [4.78, 5) is 39.2. The van der Waals surface area contributed by atoms with Crippen LogP contribution in [0.2, 0.25) is 0 Å². The van der Waals surface area contributed by atoms with Gasteiger partial charge in [-0.25, -0.2) is 9.59 Å². The maximum absolute atomic E-state index is 12.5. The predicted molar refractivity (Wildman–Crippen MR) is 110 cm³/mol. The Balaban J connectivity index is 1.82. The number of hydrogen-bond acceptors (Lipinski definition) is 6. The first-order valence-electron chi connectivity index (χ1n) is 9.76. The van der Waals surface area contributed by atoms with Crippen LogP contribution in [0.1, 0.15) is 44.0 Å². The fourth-order valence-corrected chi connectivity index (χ4v) is 3.07. The summed E-state index contributed by atoms with van der Waals surface area (Å²) in [5.74, 6) is -0.465. The second kappa shape index (κ2) is 9.62. The van der Waals surface area contributed by atoms with Gasteiger partial charge in [-0.05, 0) is 51.8 Å². The fraction of sp³-hybridized carbons (Fsp3) is 0.571. The van der Waals surface area contributed by atoms with Gasteiger partial charge in [0, 0.05) is 31.9 Å². The number of benzene rings is 1. The van der Waals surface area contributed by atoms with E-state index in [1.807, 2.05) is 6.07 Å². The van der Waals surface area contributed by atoms with Crippen LogP contribution in [0, 0.1) is 0 Å². The van der Waals surface area contributed by atoms with Crippen molar-refractivity contribution >= 4 is 23.7 Å². The number of hydrogen-bond donors (Lipinski definition) is 1. The van der Waals surface area contributed by atoms with E-state index in [4.69, 9.17) is 9.47 Å². The molecule has 1 aromatic rings. The van der Waals surface area contributed by atoms with Crippen LogP contribution in [0.3, 0.4) is 0 Å². The van der Waals surface area contributed by atoms with Crippen molar-refractivity contribution in [2.24, 2.45) is 0 Å². The maximum atomic E-state index is 12.5. The molecule has 160 valence electrons. The van der Waals surface area contributed by atoms with Crippen LogP contribution in [0.4, 0.5) is 10.5 Å². The molecule has 2 rings (SSSR count). The molecule has 1 aliphatic rings. The molecule has 1 saturated heterocycles. The first kappa shape index (κ1) is 22.5. The van der Waals surface area contributed by atoms with Crippen molar-refractivity contribution < 1.29 is 23.9 Å². The van der Waals surface area contributed by atoms with Gasteiger partial charge < -0.3 is 24.6 Å². The lowest BCUT2D eigenvalue weighted by Crippen LogP contribution is -2.47. The van der Waals surface area contributed by atoms with Crippen LogP contribution in [-0.2, 0) is 14.3 Å². The van der Waals surface area contributed by atoms with Gasteiger partial charge in [0.15, 0.2) is 0 Å². The van der Waals surface area contributed by atoms with E-state index in [2.05, 4.69) is 5.32 Å². The molecule has 0 spiro atoms. The Bertz CT molecular complexity index is 736. The summed E-state index contributed by atoms with van der Waals surface area (Å²) in [5, 5.41) is 3.41. The van der Waals surface area contributed by atoms with E-state index in [1.54, 1.807) is 50.9 Å².